The molecule has 3 aromatic rings. The van der Waals surface area contributed by atoms with E-state index >= 15 is 0 Å². The number of nitrogens with zero attached hydrogens (tertiary/aromatic N) is 3. The monoisotopic (exact) mass is 411 g/mol. The van der Waals surface area contributed by atoms with Crippen LogP contribution in [0.1, 0.15) is 45.9 Å². The standard InChI is InChI=1S/C21H22FN5O3/c22-16-1-2-18-13(5-8-30-18)15(16)10-25-21-24-9-14(12-3-6-29-7-4-12)20-26-17(19(23)28)11-27(20)21/h1-2,9,11-12H,3-8,10H2,(H2,23,28)(H,24,25). The number of ether oxygens (including phenoxy) is 2. The molecule has 1 saturated heterocycles. The molecule has 8 nitrogen and oxygen atoms in total. The first-order chi connectivity index (χ1) is 14.6. The van der Waals surface area contributed by atoms with Crippen LogP contribution in [0.25, 0.3) is 5.65 Å². The Hall–Kier alpha value is -3.20. The van der Waals surface area contributed by atoms with E-state index in [1.54, 1.807) is 22.9 Å². The Morgan fingerprint density at radius 3 is 2.93 bits per heavy atom. The van der Waals surface area contributed by atoms with Gasteiger partial charge in [0.15, 0.2) is 0 Å². The number of carbonyl (C=O) groups is 1. The van der Waals surface area contributed by atoms with Gasteiger partial charge < -0.3 is 20.5 Å². The van der Waals surface area contributed by atoms with Crippen molar-refractivity contribution in [1.29, 1.82) is 0 Å². The number of anilines is 1. The van der Waals surface area contributed by atoms with Gasteiger partial charge in [0.05, 0.1) is 6.61 Å². The second-order valence-electron chi connectivity index (χ2n) is 7.56. The molecule has 0 radical (unpaired) electrons. The van der Waals surface area contributed by atoms with Gasteiger partial charge in [0.1, 0.15) is 22.9 Å². The first-order valence-electron chi connectivity index (χ1n) is 10.0. The largest absolute Gasteiger partial charge is 0.493 e. The number of hydrogen-bond acceptors (Lipinski definition) is 6. The summed E-state index contributed by atoms with van der Waals surface area (Å²) >= 11 is 0. The van der Waals surface area contributed by atoms with Crippen molar-refractivity contribution in [2.24, 2.45) is 5.73 Å². The second-order valence-corrected chi connectivity index (χ2v) is 7.56. The van der Waals surface area contributed by atoms with Crippen molar-refractivity contribution in [1.82, 2.24) is 14.4 Å². The fourth-order valence-corrected chi connectivity index (χ4v) is 4.22. The summed E-state index contributed by atoms with van der Waals surface area (Å²) in [5, 5.41) is 3.20. The molecule has 0 bridgehead atoms. The second kappa shape index (κ2) is 7.56. The molecule has 5 rings (SSSR count). The predicted molar refractivity (Wildman–Crippen MR) is 107 cm³/mol. The summed E-state index contributed by atoms with van der Waals surface area (Å²) in [4.78, 5) is 20.8. The number of amides is 1. The summed E-state index contributed by atoms with van der Waals surface area (Å²) in [7, 11) is 0. The van der Waals surface area contributed by atoms with Crippen LogP contribution in [0.3, 0.4) is 0 Å². The van der Waals surface area contributed by atoms with E-state index in [9.17, 15) is 9.18 Å². The highest BCUT2D eigenvalue weighted by Gasteiger charge is 2.23. The lowest BCUT2D eigenvalue weighted by atomic mass is 9.93. The number of nitrogens with two attached hydrogens (primary N) is 1. The number of benzene rings is 1. The minimum Gasteiger partial charge on any atom is -0.493 e. The van der Waals surface area contributed by atoms with Gasteiger partial charge in [-0.1, -0.05) is 0 Å². The number of fused-ring (bicyclic) bond motifs is 2. The predicted octanol–water partition coefficient (Wildman–Crippen LogP) is 2.41. The molecule has 2 aromatic heterocycles. The summed E-state index contributed by atoms with van der Waals surface area (Å²) in [6.45, 7) is 2.15. The Balaban J connectivity index is 1.51. The molecule has 0 saturated carbocycles. The molecule has 1 fully saturated rings. The fraction of sp³-hybridized carbons (Fsp3) is 0.381. The number of halogens is 1. The van der Waals surface area contributed by atoms with Crippen LogP contribution in [0.15, 0.2) is 24.5 Å². The van der Waals surface area contributed by atoms with Crippen LogP contribution in [0.4, 0.5) is 10.3 Å². The SMILES string of the molecule is NC(=O)c1cn2c(NCc3c(F)ccc4c3CCO4)ncc(C3CCOCC3)c2n1. The fourth-order valence-electron chi connectivity index (χ4n) is 4.22. The number of aromatic nitrogens is 3. The molecule has 4 heterocycles. The smallest absolute Gasteiger partial charge is 0.268 e. The van der Waals surface area contributed by atoms with Gasteiger partial charge in [-0.05, 0) is 30.9 Å². The molecule has 1 amide bonds. The molecule has 9 heteroatoms. The van der Waals surface area contributed by atoms with E-state index in [2.05, 4.69) is 15.3 Å². The van der Waals surface area contributed by atoms with Crippen LogP contribution < -0.4 is 15.8 Å². The zero-order valence-corrected chi connectivity index (χ0v) is 16.4. The molecular formula is C21H22FN5O3. The van der Waals surface area contributed by atoms with Gasteiger partial charge in [0.25, 0.3) is 5.91 Å². The molecular weight excluding hydrogens is 389 g/mol. The number of primary amides is 1. The third-order valence-electron chi connectivity index (χ3n) is 5.80. The minimum atomic E-state index is -0.605. The highest BCUT2D eigenvalue weighted by atomic mass is 19.1. The summed E-state index contributed by atoms with van der Waals surface area (Å²) < 4.78 is 27.2. The summed E-state index contributed by atoms with van der Waals surface area (Å²) in [5.74, 6) is 0.548. The Kier molecular flexibility index (Phi) is 4.74. The quantitative estimate of drug-likeness (QED) is 0.668. The average Bonchev–Trinajstić information content (AvgIpc) is 3.41. The average molecular weight is 411 g/mol. The van der Waals surface area contributed by atoms with Gasteiger partial charge in [-0.3, -0.25) is 9.20 Å². The van der Waals surface area contributed by atoms with Crippen molar-refractivity contribution in [3.63, 3.8) is 0 Å². The van der Waals surface area contributed by atoms with Gasteiger partial charge >= 0.3 is 0 Å². The molecule has 1 aromatic carbocycles. The van der Waals surface area contributed by atoms with Crippen LogP contribution in [0.5, 0.6) is 5.75 Å². The van der Waals surface area contributed by atoms with Gasteiger partial charge in [-0.2, -0.15) is 0 Å². The molecule has 0 atom stereocenters. The van der Waals surface area contributed by atoms with Gasteiger partial charge in [-0.25, -0.2) is 14.4 Å². The van der Waals surface area contributed by atoms with E-state index in [1.807, 2.05) is 0 Å². The molecule has 2 aliphatic heterocycles. The number of carbonyl (C=O) groups excluding carboxylic acids is 1. The maximum Gasteiger partial charge on any atom is 0.268 e. The minimum absolute atomic E-state index is 0.166. The van der Waals surface area contributed by atoms with E-state index in [4.69, 9.17) is 15.2 Å². The van der Waals surface area contributed by atoms with E-state index < -0.39 is 5.91 Å². The maximum atomic E-state index is 14.5. The molecule has 156 valence electrons. The van der Waals surface area contributed by atoms with Crippen molar-refractivity contribution >= 4 is 17.5 Å². The van der Waals surface area contributed by atoms with Crippen LogP contribution in [-0.4, -0.2) is 40.1 Å². The number of imidazole rings is 1. The lowest BCUT2D eigenvalue weighted by molar-refractivity contribution is 0.0854. The van der Waals surface area contributed by atoms with Crippen molar-refractivity contribution in [3.8, 4) is 5.75 Å². The Morgan fingerprint density at radius 1 is 1.30 bits per heavy atom. The topological polar surface area (TPSA) is 104 Å². The molecule has 2 aliphatic rings. The molecule has 3 N–H and O–H groups in total. The van der Waals surface area contributed by atoms with Crippen LogP contribution in [-0.2, 0) is 17.7 Å². The molecule has 0 aliphatic carbocycles. The normalized spacial score (nSPS) is 16.4. The Labute approximate surface area is 172 Å². The van der Waals surface area contributed by atoms with Crippen LogP contribution in [0.2, 0.25) is 0 Å². The summed E-state index contributed by atoms with van der Waals surface area (Å²) in [6, 6.07) is 3.08. The number of nitrogens with one attached hydrogen (secondary N) is 1. The summed E-state index contributed by atoms with van der Waals surface area (Å²) in [5.41, 5.74) is 8.65. The van der Waals surface area contributed by atoms with E-state index in [0.717, 1.165) is 29.7 Å². The van der Waals surface area contributed by atoms with Gasteiger partial charge in [-0.15, -0.1) is 0 Å². The van der Waals surface area contributed by atoms with E-state index in [-0.39, 0.29) is 24.0 Å². The van der Waals surface area contributed by atoms with Crippen molar-refractivity contribution in [2.75, 3.05) is 25.1 Å². The molecule has 30 heavy (non-hydrogen) atoms. The molecule has 0 spiro atoms. The third-order valence-corrected chi connectivity index (χ3v) is 5.80. The van der Waals surface area contributed by atoms with E-state index in [1.165, 1.54) is 6.07 Å². The van der Waals surface area contributed by atoms with Crippen molar-refractivity contribution < 1.29 is 18.7 Å². The first-order valence-corrected chi connectivity index (χ1v) is 10.0. The summed E-state index contributed by atoms with van der Waals surface area (Å²) in [6.07, 6.45) is 5.76. The van der Waals surface area contributed by atoms with Gasteiger partial charge in [0, 0.05) is 55.3 Å². The lowest BCUT2D eigenvalue weighted by Gasteiger charge is -2.23. The number of rotatable bonds is 5. The third kappa shape index (κ3) is 3.24. The Bertz CT molecular complexity index is 1120. The van der Waals surface area contributed by atoms with E-state index in [0.29, 0.717) is 43.4 Å². The van der Waals surface area contributed by atoms with Crippen LogP contribution in [0, 0.1) is 5.82 Å². The zero-order valence-electron chi connectivity index (χ0n) is 16.4. The maximum absolute atomic E-state index is 14.5. The number of hydrogen-bond donors (Lipinski definition) is 2. The highest BCUT2D eigenvalue weighted by molar-refractivity contribution is 5.91. The van der Waals surface area contributed by atoms with Crippen molar-refractivity contribution in [2.45, 2.75) is 31.7 Å². The molecule has 0 unspecified atom stereocenters. The Morgan fingerprint density at radius 2 is 2.13 bits per heavy atom. The lowest BCUT2D eigenvalue weighted by Crippen LogP contribution is -2.16. The zero-order chi connectivity index (χ0) is 20.7. The van der Waals surface area contributed by atoms with Crippen molar-refractivity contribution in [3.05, 3.63) is 52.7 Å². The van der Waals surface area contributed by atoms with Gasteiger partial charge in [0.2, 0.25) is 5.95 Å². The van der Waals surface area contributed by atoms with Crippen LogP contribution >= 0.6 is 0 Å². The first kappa shape index (κ1) is 18.8. The highest BCUT2D eigenvalue weighted by Crippen LogP contribution is 2.32.